The Morgan fingerprint density at radius 1 is 1.18 bits per heavy atom. The molecule has 6 atom stereocenters. The third kappa shape index (κ3) is 11.1. The molecule has 6 unspecified atom stereocenters. The van der Waals surface area contributed by atoms with E-state index in [9.17, 15) is 14.7 Å². The molecule has 9 heteroatoms. The molecular weight excluding hydrogens is 430 g/mol. The van der Waals surface area contributed by atoms with Gasteiger partial charge in [-0.25, -0.2) is 0 Å². The summed E-state index contributed by atoms with van der Waals surface area (Å²) in [5.41, 5.74) is 0. The molecule has 1 rings (SSSR count). The maximum absolute atomic E-state index is 12.6. The fourth-order valence-corrected chi connectivity index (χ4v) is 4.25. The number of nitrogens with zero attached hydrogens (tertiary/aromatic N) is 1. The van der Waals surface area contributed by atoms with Crippen LogP contribution in [0.25, 0.3) is 0 Å². The lowest BCUT2D eigenvalue weighted by atomic mass is 9.84. The minimum Gasteiger partial charge on any atom is -0.463 e. The molecule has 1 heterocycles. The number of rotatable bonds is 7. The number of hydrogen-bond acceptors (Lipinski definition) is 9. The molecule has 1 fully saturated rings. The monoisotopic (exact) mass is 475 g/mol. The highest BCUT2D eigenvalue weighted by Crippen LogP contribution is 2.29. The number of hydrogen-bond donors (Lipinski definition) is 1. The summed E-state index contributed by atoms with van der Waals surface area (Å²) in [6.45, 7) is 6.80. The Kier molecular flexibility index (Phi) is 14.1. The van der Waals surface area contributed by atoms with Gasteiger partial charge in [0.15, 0.2) is 6.29 Å². The molecule has 0 bridgehead atoms. The zero-order valence-corrected chi connectivity index (χ0v) is 21.5. The van der Waals surface area contributed by atoms with Gasteiger partial charge < -0.3 is 33.7 Å². The summed E-state index contributed by atoms with van der Waals surface area (Å²) in [4.78, 5) is 26.8. The Hall–Kier alpha value is -1.26. The maximum atomic E-state index is 12.6. The number of carbonyl (C=O) groups excluding carboxylic acids is 2. The molecule has 0 aromatic rings. The molecular formula is C24H45NO8. The number of cyclic esters (lactones) is 1. The van der Waals surface area contributed by atoms with Crippen molar-refractivity contribution >= 4 is 11.9 Å². The van der Waals surface area contributed by atoms with E-state index < -0.39 is 36.5 Å². The van der Waals surface area contributed by atoms with Crippen LogP contribution in [0.3, 0.4) is 0 Å². The third-order valence-electron chi connectivity index (χ3n) is 6.38. The van der Waals surface area contributed by atoms with Crippen molar-refractivity contribution in [2.75, 3.05) is 41.5 Å². The molecule has 0 aromatic heterocycles. The normalized spacial score (nSPS) is 31.5. The summed E-state index contributed by atoms with van der Waals surface area (Å²) >= 11 is 0. The SMILES string of the molecule is CCC(=O)OC1CC(=O)OC(C)CCN(C)CC(O)C(C)CC(CC(OC)OC)CC1OC. The summed E-state index contributed by atoms with van der Waals surface area (Å²) in [6.07, 6.45) is 0.0619. The van der Waals surface area contributed by atoms with Crippen LogP contribution in [-0.4, -0.2) is 94.1 Å². The van der Waals surface area contributed by atoms with Gasteiger partial charge in [0.05, 0.1) is 18.6 Å². The first-order valence-electron chi connectivity index (χ1n) is 12.0. The van der Waals surface area contributed by atoms with Crippen molar-refractivity contribution in [2.24, 2.45) is 11.8 Å². The Morgan fingerprint density at radius 3 is 2.42 bits per heavy atom. The van der Waals surface area contributed by atoms with Crippen LogP contribution in [0.4, 0.5) is 0 Å². The van der Waals surface area contributed by atoms with Crippen molar-refractivity contribution in [1.29, 1.82) is 0 Å². The molecule has 1 N–H and O–H groups in total. The van der Waals surface area contributed by atoms with Crippen LogP contribution in [0, 0.1) is 11.8 Å². The molecule has 0 aromatic carbocycles. The number of ether oxygens (including phenoxy) is 5. The summed E-state index contributed by atoms with van der Waals surface area (Å²) in [5.74, 6) is -0.763. The van der Waals surface area contributed by atoms with Gasteiger partial charge in [-0.3, -0.25) is 9.59 Å². The van der Waals surface area contributed by atoms with E-state index in [4.69, 9.17) is 23.7 Å². The second-order valence-electron chi connectivity index (χ2n) is 9.23. The average Bonchev–Trinajstić information content (AvgIpc) is 2.77. The molecule has 9 nitrogen and oxygen atoms in total. The number of methoxy groups -OCH3 is 3. The van der Waals surface area contributed by atoms with E-state index in [0.29, 0.717) is 38.8 Å². The fraction of sp³-hybridized carbons (Fsp3) is 0.917. The van der Waals surface area contributed by atoms with Crippen LogP contribution in [0.1, 0.15) is 59.3 Å². The Bertz CT molecular complexity index is 571. The van der Waals surface area contributed by atoms with Gasteiger partial charge in [-0.15, -0.1) is 0 Å². The molecule has 1 saturated heterocycles. The second kappa shape index (κ2) is 15.6. The van der Waals surface area contributed by atoms with Gasteiger partial charge in [-0.1, -0.05) is 13.8 Å². The fourth-order valence-electron chi connectivity index (χ4n) is 4.25. The number of β-amino-alcohol motifs (C(OH)–C–C–N with tert-alkyl or cyclic N) is 1. The van der Waals surface area contributed by atoms with E-state index in [-0.39, 0.29) is 30.8 Å². The standard InChI is InChI=1S/C24H45NO8/c1-8-22(27)33-21-14-23(28)32-17(3)9-10-25(4)15-19(26)16(2)11-18(12-20(21)29-5)13-24(30-6)31-7/h16-21,24,26H,8-15H2,1-7H3. The Morgan fingerprint density at radius 2 is 1.85 bits per heavy atom. The third-order valence-corrected chi connectivity index (χ3v) is 6.38. The van der Waals surface area contributed by atoms with E-state index in [2.05, 4.69) is 4.90 Å². The molecule has 0 amide bonds. The van der Waals surface area contributed by atoms with Crippen molar-refractivity contribution in [3.63, 3.8) is 0 Å². The maximum Gasteiger partial charge on any atom is 0.309 e. The zero-order chi connectivity index (χ0) is 25.0. The van der Waals surface area contributed by atoms with E-state index in [1.165, 1.54) is 0 Å². The minimum absolute atomic E-state index is 0.0152. The molecule has 1 aliphatic heterocycles. The van der Waals surface area contributed by atoms with Gasteiger partial charge >= 0.3 is 11.9 Å². The Balaban J connectivity index is 3.21. The van der Waals surface area contributed by atoms with Crippen LogP contribution in [0.15, 0.2) is 0 Å². The lowest BCUT2D eigenvalue weighted by Crippen LogP contribution is -2.38. The van der Waals surface area contributed by atoms with E-state index >= 15 is 0 Å². The van der Waals surface area contributed by atoms with Crippen LogP contribution in [0.5, 0.6) is 0 Å². The first-order chi connectivity index (χ1) is 15.6. The number of aliphatic hydroxyl groups is 1. The molecule has 194 valence electrons. The molecule has 33 heavy (non-hydrogen) atoms. The van der Waals surface area contributed by atoms with E-state index in [1.54, 1.807) is 28.3 Å². The van der Waals surface area contributed by atoms with Crippen LogP contribution >= 0.6 is 0 Å². The van der Waals surface area contributed by atoms with Crippen molar-refractivity contribution in [3.8, 4) is 0 Å². The highest BCUT2D eigenvalue weighted by molar-refractivity contribution is 5.72. The lowest BCUT2D eigenvalue weighted by molar-refractivity contribution is -0.166. The first-order valence-corrected chi connectivity index (χ1v) is 12.0. The summed E-state index contributed by atoms with van der Waals surface area (Å²) in [6, 6.07) is 0. The number of esters is 2. The molecule has 0 aliphatic carbocycles. The van der Waals surface area contributed by atoms with Crippen LogP contribution in [-0.2, 0) is 33.3 Å². The van der Waals surface area contributed by atoms with Crippen molar-refractivity contribution < 1.29 is 38.4 Å². The smallest absolute Gasteiger partial charge is 0.309 e. The van der Waals surface area contributed by atoms with Gasteiger partial charge in [0, 0.05) is 47.3 Å². The van der Waals surface area contributed by atoms with Crippen LogP contribution in [0.2, 0.25) is 0 Å². The van der Waals surface area contributed by atoms with Crippen molar-refractivity contribution in [1.82, 2.24) is 4.90 Å². The van der Waals surface area contributed by atoms with E-state index in [0.717, 1.165) is 0 Å². The van der Waals surface area contributed by atoms with Gasteiger partial charge in [-0.2, -0.15) is 0 Å². The summed E-state index contributed by atoms with van der Waals surface area (Å²) < 4.78 is 27.8. The molecule has 0 radical (unpaired) electrons. The van der Waals surface area contributed by atoms with Gasteiger partial charge in [0.25, 0.3) is 0 Å². The zero-order valence-electron chi connectivity index (χ0n) is 21.5. The molecule has 1 aliphatic rings. The van der Waals surface area contributed by atoms with Gasteiger partial charge in [-0.05, 0) is 45.1 Å². The predicted molar refractivity (Wildman–Crippen MR) is 124 cm³/mol. The largest absolute Gasteiger partial charge is 0.463 e. The number of carbonyl (C=O) groups is 2. The molecule has 0 saturated carbocycles. The summed E-state index contributed by atoms with van der Waals surface area (Å²) in [7, 11) is 6.68. The minimum atomic E-state index is -0.763. The lowest BCUT2D eigenvalue weighted by Gasteiger charge is -2.32. The highest BCUT2D eigenvalue weighted by atomic mass is 16.7. The van der Waals surface area contributed by atoms with Crippen LogP contribution < -0.4 is 0 Å². The Labute approximate surface area is 199 Å². The van der Waals surface area contributed by atoms with Crippen molar-refractivity contribution in [2.45, 2.75) is 90.0 Å². The van der Waals surface area contributed by atoms with Gasteiger partial charge in [0.1, 0.15) is 12.2 Å². The predicted octanol–water partition coefficient (Wildman–Crippen LogP) is 2.38. The average molecular weight is 476 g/mol. The first kappa shape index (κ1) is 29.8. The number of likely N-dealkylation sites (N-methyl/N-ethyl adjacent to an activating group) is 1. The topological polar surface area (TPSA) is 104 Å². The number of aliphatic hydroxyl groups excluding tert-OH is 1. The van der Waals surface area contributed by atoms with E-state index in [1.807, 2.05) is 20.9 Å². The second-order valence-corrected chi connectivity index (χ2v) is 9.23. The van der Waals surface area contributed by atoms with Gasteiger partial charge in [0.2, 0.25) is 0 Å². The summed E-state index contributed by atoms with van der Waals surface area (Å²) in [5, 5.41) is 10.8. The quantitative estimate of drug-likeness (QED) is 0.439. The van der Waals surface area contributed by atoms with Crippen molar-refractivity contribution in [3.05, 3.63) is 0 Å². The highest BCUT2D eigenvalue weighted by Gasteiger charge is 2.33. The molecule has 0 spiro atoms.